The first-order valence-electron chi connectivity index (χ1n) is 4.25. The van der Waals surface area contributed by atoms with Crippen molar-refractivity contribution in [3.63, 3.8) is 0 Å². The number of aliphatic hydroxyl groups excluding tert-OH is 1. The highest BCUT2D eigenvalue weighted by atomic mass is 19.1. The zero-order valence-corrected chi connectivity index (χ0v) is 8.05. The Morgan fingerprint density at radius 1 is 1.40 bits per heavy atom. The van der Waals surface area contributed by atoms with Gasteiger partial charge in [0.1, 0.15) is 11.9 Å². The third-order valence-corrected chi connectivity index (χ3v) is 1.97. The minimum atomic E-state index is -2.32. The van der Waals surface area contributed by atoms with Crippen LogP contribution in [0.4, 0.5) is 4.39 Å². The van der Waals surface area contributed by atoms with E-state index in [1.165, 1.54) is 31.4 Å². The summed E-state index contributed by atoms with van der Waals surface area (Å²) < 4.78 is 17.8. The van der Waals surface area contributed by atoms with E-state index < -0.39 is 18.2 Å². The van der Waals surface area contributed by atoms with Gasteiger partial charge < -0.3 is 14.9 Å². The second-order valence-electron chi connectivity index (χ2n) is 2.96. The Bertz CT molecular complexity index is 336. The average Bonchev–Trinajstić information content (AvgIpc) is 2.27. The fourth-order valence-electron chi connectivity index (χ4n) is 1.11. The van der Waals surface area contributed by atoms with Crippen molar-refractivity contribution in [2.75, 3.05) is 7.11 Å². The maximum absolute atomic E-state index is 12.9. The summed E-state index contributed by atoms with van der Waals surface area (Å²) in [4.78, 5) is 10.3. The maximum Gasteiger partial charge on any atom is 0.341 e. The van der Waals surface area contributed by atoms with Gasteiger partial charge in [-0.15, -0.1) is 0 Å². The summed E-state index contributed by atoms with van der Waals surface area (Å²) in [5.74, 6) is -1.13. The van der Waals surface area contributed by atoms with Gasteiger partial charge in [-0.05, 0) is 17.7 Å². The molecule has 0 aromatic heterocycles. The molecule has 5 heteroatoms. The van der Waals surface area contributed by atoms with E-state index in [1.54, 1.807) is 0 Å². The molecule has 0 aliphatic rings. The minimum Gasteiger partial charge on any atom is -0.497 e. The van der Waals surface area contributed by atoms with Crippen molar-refractivity contribution in [1.82, 2.24) is 0 Å². The van der Waals surface area contributed by atoms with E-state index in [4.69, 9.17) is 9.84 Å². The zero-order chi connectivity index (χ0) is 11.4. The van der Waals surface area contributed by atoms with Crippen molar-refractivity contribution in [2.45, 2.75) is 12.3 Å². The van der Waals surface area contributed by atoms with Gasteiger partial charge in [0, 0.05) is 0 Å². The molecule has 0 fully saturated rings. The minimum absolute atomic E-state index is 0.200. The van der Waals surface area contributed by atoms with Crippen molar-refractivity contribution in [3.8, 4) is 5.75 Å². The summed E-state index contributed by atoms with van der Waals surface area (Å²) >= 11 is 0. The molecular formula is C10H11FO4. The zero-order valence-electron chi connectivity index (χ0n) is 8.05. The fourth-order valence-corrected chi connectivity index (χ4v) is 1.11. The second-order valence-corrected chi connectivity index (χ2v) is 2.96. The molecule has 0 heterocycles. The van der Waals surface area contributed by atoms with E-state index in [1.807, 2.05) is 0 Å². The number of hydrogen-bond acceptors (Lipinski definition) is 3. The van der Waals surface area contributed by atoms with Crippen LogP contribution >= 0.6 is 0 Å². The molecule has 82 valence electrons. The van der Waals surface area contributed by atoms with Gasteiger partial charge in [-0.2, -0.15) is 0 Å². The number of aliphatic hydroxyl groups is 1. The average molecular weight is 214 g/mol. The van der Waals surface area contributed by atoms with E-state index in [-0.39, 0.29) is 5.56 Å². The lowest BCUT2D eigenvalue weighted by Gasteiger charge is -2.12. The Labute approximate surface area is 85.9 Å². The van der Waals surface area contributed by atoms with E-state index in [9.17, 15) is 14.3 Å². The van der Waals surface area contributed by atoms with Crippen LogP contribution in [0, 0.1) is 0 Å². The Hall–Kier alpha value is -1.62. The molecule has 1 rings (SSSR count). The molecule has 2 unspecified atom stereocenters. The van der Waals surface area contributed by atoms with Crippen molar-refractivity contribution in [2.24, 2.45) is 0 Å². The molecule has 1 aromatic rings. The molecule has 0 radical (unpaired) electrons. The number of aliphatic carboxylic acids is 1. The highest BCUT2D eigenvalue weighted by molar-refractivity contribution is 5.73. The Balaban J connectivity index is 2.82. The molecule has 15 heavy (non-hydrogen) atoms. The molecule has 0 aliphatic heterocycles. The Morgan fingerprint density at radius 2 is 1.93 bits per heavy atom. The largest absolute Gasteiger partial charge is 0.497 e. The number of carbonyl (C=O) groups is 1. The lowest BCUT2D eigenvalue weighted by Crippen LogP contribution is -2.23. The Morgan fingerprint density at radius 3 is 2.33 bits per heavy atom. The van der Waals surface area contributed by atoms with Gasteiger partial charge in [0.25, 0.3) is 0 Å². The summed E-state index contributed by atoms with van der Waals surface area (Å²) in [5, 5.41) is 17.7. The van der Waals surface area contributed by atoms with Gasteiger partial charge in [0.2, 0.25) is 6.17 Å². The highest BCUT2D eigenvalue weighted by Gasteiger charge is 2.27. The Kier molecular flexibility index (Phi) is 3.62. The number of carboxylic acids is 1. The van der Waals surface area contributed by atoms with Crippen LogP contribution in [0.5, 0.6) is 5.75 Å². The van der Waals surface area contributed by atoms with Crippen molar-refractivity contribution < 1.29 is 24.1 Å². The number of methoxy groups -OCH3 is 1. The van der Waals surface area contributed by atoms with Gasteiger partial charge >= 0.3 is 5.97 Å². The number of ether oxygens (including phenoxy) is 1. The molecule has 0 saturated carbocycles. The van der Waals surface area contributed by atoms with E-state index >= 15 is 0 Å². The molecular weight excluding hydrogens is 203 g/mol. The molecule has 0 bridgehead atoms. The first-order chi connectivity index (χ1) is 7.06. The summed E-state index contributed by atoms with van der Waals surface area (Å²) in [6, 6.07) is 5.87. The highest BCUT2D eigenvalue weighted by Crippen LogP contribution is 2.21. The van der Waals surface area contributed by atoms with Gasteiger partial charge in [0.05, 0.1) is 7.11 Å². The second kappa shape index (κ2) is 4.75. The normalized spacial score (nSPS) is 14.3. The summed E-state index contributed by atoms with van der Waals surface area (Å²) in [6.07, 6.45) is -3.98. The van der Waals surface area contributed by atoms with E-state index in [2.05, 4.69) is 0 Å². The first kappa shape index (κ1) is 11.5. The fraction of sp³-hybridized carbons (Fsp3) is 0.300. The molecule has 0 saturated heterocycles. The molecule has 4 nitrogen and oxygen atoms in total. The number of alkyl halides is 1. The van der Waals surface area contributed by atoms with Gasteiger partial charge in [-0.1, -0.05) is 12.1 Å². The third-order valence-electron chi connectivity index (χ3n) is 1.97. The lowest BCUT2D eigenvalue weighted by atomic mass is 10.1. The van der Waals surface area contributed by atoms with Gasteiger partial charge in [-0.3, -0.25) is 0 Å². The number of hydrogen-bond donors (Lipinski definition) is 2. The van der Waals surface area contributed by atoms with Crippen LogP contribution in [0.2, 0.25) is 0 Å². The van der Waals surface area contributed by atoms with Crippen LogP contribution in [0.25, 0.3) is 0 Å². The van der Waals surface area contributed by atoms with Crippen molar-refractivity contribution in [1.29, 1.82) is 0 Å². The molecule has 0 spiro atoms. The van der Waals surface area contributed by atoms with Crippen LogP contribution in [-0.4, -0.2) is 29.5 Å². The SMILES string of the molecule is COc1ccc(C(O)C(F)C(=O)O)cc1. The van der Waals surface area contributed by atoms with Crippen LogP contribution < -0.4 is 4.74 Å². The molecule has 2 N–H and O–H groups in total. The molecule has 0 aliphatic carbocycles. The van der Waals surface area contributed by atoms with Crippen LogP contribution in [0.3, 0.4) is 0 Å². The maximum atomic E-state index is 12.9. The monoisotopic (exact) mass is 214 g/mol. The number of halogens is 1. The van der Waals surface area contributed by atoms with Gasteiger partial charge in [-0.25, -0.2) is 9.18 Å². The van der Waals surface area contributed by atoms with Crippen molar-refractivity contribution in [3.05, 3.63) is 29.8 Å². The van der Waals surface area contributed by atoms with Crippen LogP contribution in [-0.2, 0) is 4.79 Å². The topological polar surface area (TPSA) is 66.8 Å². The standard InChI is InChI=1S/C10H11FO4/c1-15-7-4-2-6(3-5-7)9(12)8(11)10(13)14/h2-5,8-9,12H,1H3,(H,13,14). The number of rotatable bonds is 4. The number of carboxylic acid groups (broad SMARTS) is 1. The number of benzene rings is 1. The summed E-state index contributed by atoms with van der Waals surface area (Å²) in [6.45, 7) is 0. The predicted octanol–water partition coefficient (Wildman–Crippen LogP) is 1.15. The van der Waals surface area contributed by atoms with Gasteiger partial charge in [0.15, 0.2) is 0 Å². The van der Waals surface area contributed by atoms with Crippen LogP contribution in [0.15, 0.2) is 24.3 Å². The third kappa shape index (κ3) is 2.66. The van der Waals surface area contributed by atoms with E-state index in [0.29, 0.717) is 5.75 Å². The smallest absolute Gasteiger partial charge is 0.341 e. The lowest BCUT2D eigenvalue weighted by molar-refractivity contribution is -0.147. The molecule has 0 amide bonds. The van der Waals surface area contributed by atoms with Crippen LogP contribution in [0.1, 0.15) is 11.7 Å². The quantitative estimate of drug-likeness (QED) is 0.789. The summed E-state index contributed by atoms with van der Waals surface area (Å²) in [5.41, 5.74) is 0.200. The molecule has 1 aromatic carbocycles. The van der Waals surface area contributed by atoms with Crippen molar-refractivity contribution >= 4 is 5.97 Å². The molecule has 2 atom stereocenters. The first-order valence-corrected chi connectivity index (χ1v) is 4.25. The predicted molar refractivity (Wildman–Crippen MR) is 50.5 cm³/mol. The summed E-state index contributed by atoms with van der Waals surface area (Å²) in [7, 11) is 1.47. The van der Waals surface area contributed by atoms with E-state index in [0.717, 1.165) is 0 Å².